The van der Waals surface area contributed by atoms with Gasteiger partial charge in [0.05, 0.1) is 5.39 Å². The average Bonchev–Trinajstić information content (AvgIpc) is 3.22. The molecule has 31 heavy (non-hydrogen) atoms. The standard InChI is InChI=1S/C26H19N3O2/c27-29-25(18-10-3-1-4-11-18)28-23-22-20-14-8-7-9-17(20)15-16-21(22)31-24(23)26(29,30)19-12-5-2-6-13-19/h1-16,30H,27H2. The van der Waals surface area contributed by atoms with Gasteiger partial charge in [-0.2, -0.15) is 0 Å². The van der Waals surface area contributed by atoms with Gasteiger partial charge in [-0.15, -0.1) is 0 Å². The predicted octanol–water partition coefficient (Wildman–Crippen LogP) is 5.05. The van der Waals surface area contributed by atoms with Gasteiger partial charge in [0.2, 0.25) is 5.72 Å². The number of rotatable bonds is 2. The number of amidine groups is 1. The van der Waals surface area contributed by atoms with E-state index in [2.05, 4.69) is 6.07 Å². The molecule has 0 fully saturated rings. The number of fused-ring (bicyclic) bond motifs is 5. The van der Waals surface area contributed by atoms with Crippen LogP contribution in [0, 0.1) is 0 Å². The zero-order chi connectivity index (χ0) is 21.0. The molecular formula is C26H19N3O2. The number of hydrogen-bond acceptors (Lipinski definition) is 5. The van der Waals surface area contributed by atoms with Crippen molar-refractivity contribution < 1.29 is 9.52 Å². The molecule has 0 aliphatic carbocycles. The zero-order valence-electron chi connectivity index (χ0n) is 16.6. The van der Waals surface area contributed by atoms with Gasteiger partial charge in [0.15, 0.2) is 11.6 Å². The Bertz CT molecular complexity index is 1460. The summed E-state index contributed by atoms with van der Waals surface area (Å²) in [5.74, 6) is 7.34. The van der Waals surface area contributed by atoms with Crippen LogP contribution in [-0.2, 0) is 5.72 Å². The van der Waals surface area contributed by atoms with Gasteiger partial charge in [-0.05, 0) is 16.8 Å². The molecule has 1 unspecified atom stereocenters. The number of hydrazine groups is 1. The lowest BCUT2D eigenvalue weighted by Gasteiger charge is -2.39. The summed E-state index contributed by atoms with van der Waals surface area (Å²) in [5.41, 5.74) is 0.942. The van der Waals surface area contributed by atoms with Gasteiger partial charge in [-0.3, -0.25) is 5.01 Å². The van der Waals surface area contributed by atoms with Gasteiger partial charge in [0, 0.05) is 11.1 Å². The molecule has 1 atom stereocenters. The Hall–Kier alpha value is -3.93. The summed E-state index contributed by atoms with van der Waals surface area (Å²) >= 11 is 0. The lowest BCUT2D eigenvalue weighted by Crippen LogP contribution is -2.56. The Morgan fingerprint density at radius 1 is 0.806 bits per heavy atom. The van der Waals surface area contributed by atoms with E-state index >= 15 is 0 Å². The first-order chi connectivity index (χ1) is 15.2. The lowest BCUT2D eigenvalue weighted by atomic mass is 9.94. The number of benzene rings is 4. The SMILES string of the molecule is NN1C(c2ccccc2)=Nc2c(oc3ccc4ccccc4c23)C1(O)c1ccccc1. The van der Waals surface area contributed by atoms with Crippen LogP contribution >= 0.6 is 0 Å². The van der Waals surface area contributed by atoms with E-state index in [9.17, 15) is 5.11 Å². The van der Waals surface area contributed by atoms with Crippen molar-refractivity contribution in [1.29, 1.82) is 0 Å². The molecule has 1 aliphatic heterocycles. The monoisotopic (exact) mass is 405 g/mol. The van der Waals surface area contributed by atoms with Gasteiger partial charge in [-0.25, -0.2) is 10.8 Å². The molecule has 150 valence electrons. The number of aliphatic hydroxyl groups is 1. The first kappa shape index (κ1) is 17.9. The van der Waals surface area contributed by atoms with Crippen LogP contribution in [0.3, 0.4) is 0 Å². The normalized spacial score (nSPS) is 18.3. The maximum Gasteiger partial charge on any atom is 0.241 e. The first-order valence-corrected chi connectivity index (χ1v) is 10.1. The van der Waals surface area contributed by atoms with Crippen molar-refractivity contribution in [3.8, 4) is 0 Å². The number of hydrogen-bond donors (Lipinski definition) is 2. The fourth-order valence-electron chi connectivity index (χ4n) is 4.35. The Kier molecular flexibility index (Phi) is 3.77. The third-order valence-electron chi connectivity index (χ3n) is 5.87. The molecule has 0 saturated heterocycles. The zero-order valence-corrected chi connectivity index (χ0v) is 16.6. The van der Waals surface area contributed by atoms with E-state index in [1.165, 1.54) is 5.01 Å². The van der Waals surface area contributed by atoms with Gasteiger partial charge in [0.1, 0.15) is 11.3 Å². The summed E-state index contributed by atoms with van der Waals surface area (Å²) in [5, 5.41) is 16.3. The summed E-state index contributed by atoms with van der Waals surface area (Å²) in [6.45, 7) is 0. The molecule has 2 heterocycles. The molecule has 5 aromatic rings. The number of aliphatic imine (C=N–C) groups is 1. The quantitative estimate of drug-likeness (QED) is 0.403. The highest BCUT2D eigenvalue weighted by Gasteiger charge is 2.48. The second kappa shape index (κ2) is 6.54. The van der Waals surface area contributed by atoms with Crippen LogP contribution < -0.4 is 5.84 Å². The molecule has 0 spiro atoms. The van der Waals surface area contributed by atoms with E-state index in [0.29, 0.717) is 28.4 Å². The van der Waals surface area contributed by atoms with Crippen molar-refractivity contribution >= 4 is 33.3 Å². The fourth-order valence-corrected chi connectivity index (χ4v) is 4.35. The van der Waals surface area contributed by atoms with Crippen LogP contribution in [0.5, 0.6) is 0 Å². The maximum absolute atomic E-state index is 12.1. The average molecular weight is 405 g/mol. The van der Waals surface area contributed by atoms with Crippen LogP contribution in [0.25, 0.3) is 21.7 Å². The van der Waals surface area contributed by atoms with Crippen molar-refractivity contribution in [3.05, 3.63) is 114 Å². The van der Waals surface area contributed by atoms with E-state index < -0.39 is 5.72 Å². The van der Waals surface area contributed by atoms with Gasteiger partial charge >= 0.3 is 0 Å². The molecule has 1 aliphatic rings. The molecule has 4 aromatic carbocycles. The highest BCUT2D eigenvalue weighted by atomic mass is 16.4. The minimum Gasteiger partial charge on any atom is -0.453 e. The molecule has 0 amide bonds. The van der Waals surface area contributed by atoms with Gasteiger partial charge < -0.3 is 9.52 Å². The van der Waals surface area contributed by atoms with Crippen molar-refractivity contribution in [1.82, 2.24) is 5.01 Å². The summed E-state index contributed by atoms with van der Waals surface area (Å²) in [4.78, 5) is 4.92. The second-order valence-corrected chi connectivity index (χ2v) is 7.65. The van der Waals surface area contributed by atoms with Crippen LogP contribution in [-0.4, -0.2) is 16.0 Å². The Morgan fingerprint density at radius 2 is 1.48 bits per heavy atom. The lowest BCUT2D eigenvalue weighted by molar-refractivity contribution is -0.0566. The van der Waals surface area contributed by atoms with Crippen LogP contribution in [0.4, 0.5) is 5.69 Å². The van der Waals surface area contributed by atoms with Crippen molar-refractivity contribution in [2.75, 3.05) is 0 Å². The molecule has 5 nitrogen and oxygen atoms in total. The second-order valence-electron chi connectivity index (χ2n) is 7.65. The molecule has 1 aromatic heterocycles. The Balaban J connectivity index is 1.75. The minimum absolute atomic E-state index is 0.312. The third-order valence-corrected chi connectivity index (χ3v) is 5.87. The van der Waals surface area contributed by atoms with Crippen molar-refractivity contribution in [2.45, 2.75) is 5.72 Å². The molecule has 0 bridgehead atoms. The van der Waals surface area contributed by atoms with E-state index in [1.807, 2.05) is 91.0 Å². The molecule has 5 heteroatoms. The van der Waals surface area contributed by atoms with Crippen molar-refractivity contribution in [2.24, 2.45) is 10.8 Å². The summed E-state index contributed by atoms with van der Waals surface area (Å²) in [6, 6.07) is 31.0. The minimum atomic E-state index is -1.72. The molecule has 0 radical (unpaired) electrons. The predicted molar refractivity (Wildman–Crippen MR) is 122 cm³/mol. The van der Waals surface area contributed by atoms with Crippen molar-refractivity contribution in [3.63, 3.8) is 0 Å². The molecule has 6 rings (SSSR count). The van der Waals surface area contributed by atoms with Gasteiger partial charge in [-0.1, -0.05) is 91.0 Å². The highest BCUT2D eigenvalue weighted by molar-refractivity contribution is 6.14. The van der Waals surface area contributed by atoms with E-state index in [0.717, 1.165) is 21.7 Å². The summed E-state index contributed by atoms with van der Waals surface area (Å²) in [7, 11) is 0. The first-order valence-electron chi connectivity index (χ1n) is 10.1. The smallest absolute Gasteiger partial charge is 0.241 e. The van der Waals surface area contributed by atoms with Crippen LogP contribution in [0.2, 0.25) is 0 Å². The Morgan fingerprint density at radius 3 is 2.26 bits per heavy atom. The van der Waals surface area contributed by atoms with Crippen LogP contribution in [0.1, 0.15) is 16.9 Å². The number of nitrogens with zero attached hydrogens (tertiary/aromatic N) is 2. The summed E-state index contributed by atoms with van der Waals surface area (Å²) in [6.07, 6.45) is 0. The topological polar surface area (TPSA) is 75.0 Å². The molecule has 3 N–H and O–H groups in total. The van der Waals surface area contributed by atoms with E-state index in [-0.39, 0.29) is 0 Å². The number of furan rings is 1. The molecular weight excluding hydrogens is 386 g/mol. The summed E-state index contributed by atoms with van der Waals surface area (Å²) < 4.78 is 6.24. The maximum atomic E-state index is 12.1. The van der Waals surface area contributed by atoms with Gasteiger partial charge in [0.25, 0.3) is 0 Å². The van der Waals surface area contributed by atoms with E-state index in [4.69, 9.17) is 15.3 Å². The molecule has 0 saturated carbocycles. The fraction of sp³-hybridized carbons (Fsp3) is 0.0385. The largest absolute Gasteiger partial charge is 0.453 e. The Labute approximate surface area is 178 Å². The third kappa shape index (κ3) is 2.48. The van der Waals surface area contributed by atoms with E-state index in [1.54, 1.807) is 0 Å². The number of nitrogens with two attached hydrogens (primary N) is 1. The highest BCUT2D eigenvalue weighted by Crippen LogP contribution is 2.48. The van der Waals surface area contributed by atoms with Crippen LogP contribution in [0.15, 0.2) is 106 Å².